The van der Waals surface area contributed by atoms with Crippen molar-refractivity contribution in [2.24, 2.45) is 5.92 Å². The lowest BCUT2D eigenvalue weighted by molar-refractivity contribution is -0.140. The van der Waals surface area contributed by atoms with Crippen molar-refractivity contribution < 1.29 is 23.9 Å². The number of rotatable bonds is 6. The van der Waals surface area contributed by atoms with E-state index < -0.39 is 35.8 Å². The van der Waals surface area contributed by atoms with E-state index in [9.17, 15) is 19.2 Å². The number of nitrogens with one attached hydrogen (secondary N) is 3. The van der Waals surface area contributed by atoms with Crippen LogP contribution < -0.4 is 16.0 Å². The van der Waals surface area contributed by atoms with Gasteiger partial charge >= 0.3 is 6.09 Å². The number of aromatic nitrogens is 2. The van der Waals surface area contributed by atoms with Crippen molar-refractivity contribution in [1.29, 1.82) is 0 Å². The molecule has 1 aliphatic heterocycles. The highest BCUT2D eigenvalue weighted by atomic mass is 16.5. The van der Waals surface area contributed by atoms with Crippen molar-refractivity contribution in [1.82, 2.24) is 25.9 Å². The Bertz CT molecular complexity index is 1030. The lowest BCUT2D eigenvalue weighted by Crippen LogP contribution is -2.55. The molecule has 3 N–H and O–H groups in total. The fourth-order valence-corrected chi connectivity index (χ4v) is 3.61. The zero-order valence-electron chi connectivity index (χ0n) is 19.2. The molecule has 34 heavy (non-hydrogen) atoms. The number of aryl methyl sites for hydroxylation is 1. The monoisotopic (exact) mass is 467 g/mol. The minimum atomic E-state index is -1.06. The predicted octanol–water partition coefficient (Wildman–Crippen LogP) is 1.09. The molecule has 2 atom stereocenters. The molecule has 2 unspecified atom stereocenters. The van der Waals surface area contributed by atoms with Crippen LogP contribution in [0.15, 0.2) is 42.9 Å². The van der Waals surface area contributed by atoms with Crippen molar-refractivity contribution >= 4 is 23.7 Å². The van der Waals surface area contributed by atoms with E-state index in [-0.39, 0.29) is 25.5 Å². The average Bonchev–Trinajstić information content (AvgIpc) is 2.83. The van der Waals surface area contributed by atoms with E-state index in [2.05, 4.69) is 25.9 Å². The van der Waals surface area contributed by atoms with E-state index >= 15 is 0 Å². The molecule has 0 radical (unpaired) electrons. The van der Waals surface area contributed by atoms with E-state index in [0.717, 1.165) is 16.8 Å². The van der Waals surface area contributed by atoms with Gasteiger partial charge in [-0.1, -0.05) is 44.2 Å². The van der Waals surface area contributed by atoms with Crippen LogP contribution in [0.1, 0.15) is 37.1 Å². The number of benzene rings is 1. The second-order valence-corrected chi connectivity index (χ2v) is 8.39. The molecule has 0 bridgehead atoms. The van der Waals surface area contributed by atoms with Crippen LogP contribution in [0.2, 0.25) is 0 Å². The maximum Gasteiger partial charge on any atom is 0.408 e. The molecule has 10 nitrogen and oxygen atoms in total. The lowest BCUT2D eigenvalue weighted by atomic mass is 9.98. The van der Waals surface area contributed by atoms with Gasteiger partial charge < -0.3 is 20.7 Å². The molecule has 3 rings (SSSR count). The number of carbonyl (C=O) groups is 4. The number of nitrogens with zero attached hydrogens (tertiary/aromatic N) is 2. The molecule has 0 fully saturated rings. The topological polar surface area (TPSA) is 139 Å². The third-order valence-corrected chi connectivity index (χ3v) is 5.52. The summed E-state index contributed by atoms with van der Waals surface area (Å²) in [5.74, 6) is -2.36. The molecule has 1 aromatic heterocycles. The molecule has 180 valence electrons. The summed E-state index contributed by atoms with van der Waals surface area (Å²) in [7, 11) is 0. The largest absolute Gasteiger partial charge is 0.445 e. The number of Topliss-reactive ketones (excluding diaryl/α,β-unsaturated/α-hetero) is 1. The minimum Gasteiger partial charge on any atom is -0.445 e. The minimum absolute atomic E-state index is 0.0572. The van der Waals surface area contributed by atoms with Crippen molar-refractivity contribution in [3.8, 4) is 0 Å². The van der Waals surface area contributed by atoms with Crippen molar-refractivity contribution in [3.63, 3.8) is 0 Å². The van der Waals surface area contributed by atoms with E-state index in [1.807, 2.05) is 30.3 Å². The first-order valence-electron chi connectivity index (χ1n) is 11.2. The van der Waals surface area contributed by atoms with Gasteiger partial charge in [0.2, 0.25) is 11.7 Å². The summed E-state index contributed by atoms with van der Waals surface area (Å²) in [6.07, 6.45) is 3.45. The first-order chi connectivity index (χ1) is 16.3. The van der Waals surface area contributed by atoms with Gasteiger partial charge in [0.15, 0.2) is 0 Å². The van der Waals surface area contributed by atoms with Gasteiger partial charge in [-0.15, -0.1) is 0 Å². The zero-order chi connectivity index (χ0) is 24.5. The van der Waals surface area contributed by atoms with Crippen LogP contribution in [-0.4, -0.2) is 52.3 Å². The molecule has 1 aromatic carbocycles. The third-order valence-electron chi connectivity index (χ3n) is 5.52. The molecule has 0 saturated carbocycles. The second kappa shape index (κ2) is 11.9. The van der Waals surface area contributed by atoms with Gasteiger partial charge in [-0.3, -0.25) is 14.4 Å². The standard InChI is InChI=1S/C24H29N5O5/c1-15(2)20(29-24(33)34-13-16-6-4-3-5-7-16)22(31)28-19-9-8-18-17(12-25-14-27-18)10-11-26-23(32)21(19)30/h3-7,12,14-15,19-20H,8-11,13H2,1-2H3,(H,26,32)(H,28,31)(H,29,33). The van der Waals surface area contributed by atoms with E-state index in [1.165, 1.54) is 6.33 Å². The number of fused-ring (bicyclic) bond motifs is 1. The number of hydrogen-bond donors (Lipinski definition) is 3. The van der Waals surface area contributed by atoms with Crippen LogP contribution in [0, 0.1) is 5.92 Å². The van der Waals surface area contributed by atoms with Crippen LogP contribution in [0.5, 0.6) is 0 Å². The van der Waals surface area contributed by atoms with Crippen LogP contribution in [0.3, 0.4) is 0 Å². The summed E-state index contributed by atoms with van der Waals surface area (Å²) in [5.41, 5.74) is 2.46. The number of hydrogen-bond acceptors (Lipinski definition) is 7. The molecular formula is C24H29N5O5. The molecule has 10 heteroatoms. The van der Waals surface area contributed by atoms with Crippen molar-refractivity contribution in [2.75, 3.05) is 6.54 Å². The molecule has 0 saturated heterocycles. The van der Waals surface area contributed by atoms with Gasteiger partial charge in [-0.05, 0) is 36.3 Å². The van der Waals surface area contributed by atoms with E-state index in [1.54, 1.807) is 20.0 Å². The molecule has 1 aliphatic rings. The molecule has 0 aliphatic carbocycles. The smallest absolute Gasteiger partial charge is 0.408 e. The fraction of sp³-hybridized carbons (Fsp3) is 0.417. The maximum absolute atomic E-state index is 13.0. The summed E-state index contributed by atoms with van der Waals surface area (Å²) in [6, 6.07) is 7.14. The highest BCUT2D eigenvalue weighted by Gasteiger charge is 2.32. The second-order valence-electron chi connectivity index (χ2n) is 8.39. The predicted molar refractivity (Wildman–Crippen MR) is 122 cm³/mol. The van der Waals surface area contributed by atoms with Crippen LogP contribution in [0.4, 0.5) is 4.79 Å². The Morgan fingerprint density at radius 2 is 1.94 bits per heavy atom. The Hall–Kier alpha value is -3.82. The molecule has 3 amide bonds. The summed E-state index contributed by atoms with van der Waals surface area (Å²) >= 11 is 0. The quantitative estimate of drug-likeness (QED) is 0.540. The van der Waals surface area contributed by atoms with Gasteiger partial charge in [0.05, 0.1) is 6.04 Å². The first-order valence-corrected chi connectivity index (χ1v) is 11.2. The number of alkyl carbamates (subject to hydrolysis) is 1. The molecule has 0 spiro atoms. The number of carbonyl (C=O) groups excluding carboxylic acids is 4. The summed E-state index contributed by atoms with van der Waals surface area (Å²) < 4.78 is 5.22. The third kappa shape index (κ3) is 6.84. The molecule has 2 heterocycles. The number of ether oxygens (including phenoxy) is 1. The van der Waals surface area contributed by atoms with Gasteiger partial charge in [0.1, 0.15) is 19.0 Å². The van der Waals surface area contributed by atoms with Gasteiger partial charge in [0.25, 0.3) is 5.91 Å². The van der Waals surface area contributed by atoms with Gasteiger partial charge in [0, 0.05) is 18.4 Å². The van der Waals surface area contributed by atoms with Crippen LogP contribution >= 0.6 is 0 Å². The van der Waals surface area contributed by atoms with Crippen molar-refractivity contribution in [3.05, 3.63) is 59.7 Å². The van der Waals surface area contributed by atoms with Gasteiger partial charge in [-0.25, -0.2) is 14.8 Å². The molecular weight excluding hydrogens is 438 g/mol. The normalized spacial score (nSPS) is 17.2. The Morgan fingerprint density at radius 3 is 2.68 bits per heavy atom. The van der Waals surface area contributed by atoms with Gasteiger partial charge in [-0.2, -0.15) is 0 Å². The maximum atomic E-state index is 13.0. The fourth-order valence-electron chi connectivity index (χ4n) is 3.61. The Labute approximate surface area is 197 Å². The number of amides is 3. The Morgan fingerprint density at radius 1 is 1.18 bits per heavy atom. The average molecular weight is 468 g/mol. The van der Waals surface area contributed by atoms with Crippen molar-refractivity contribution in [2.45, 2.75) is 51.8 Å². The summed E-state index contributed by atoms with van der Waals surface area (Å²) in [4.78, 5) is 58.6. The SMILES string of the molecule is CC(C)C(NC(=O)OCc1ccccc1)C(=O)NC1CCc2ncncc2CCNC(=O)C1=O. The summed E-state index contributed by atoms with van der Waals surface area (Å²) in [5, 5.41) is 7.78. The first kappa shape index (κ1) is 24.8. The molecule has 2 aromatic rings. The van der Waals surface area contributed by atoms with Crippen LogP contribution in [-0.2, 0) is 38.6 Å². The van der Waals surface area contributed by atoms with E-state index in [0.29, 0.717) is 12.8 Å². The van der Waals surface area contributed by atoms with E-state index in [4.69, 9.17) is 4.74 Å². The Balaban J connectivity index is 1.66. The zero-order valence-corrected chi connectivity index (χ0v) is 19.2. The highest BCUT2D eigenvalue weighted by Crippen LogP contribution is 2.12. The lowest BCUT2D eigenvalue weighted by Gasteiger charge is -2.25. The number of ketones is 1. The Kier molecular flexibility index (Phi) is 8.66. The summed E-state index contributed by atoms with van der Waals surface area (Å²) in [6.45, 7) is 3.84. The van der Waals surface area contributed by atoms with Crippen LogP contribution in [0.25, 0.3) is 0 Å². The highest BCUT2D eigenvalue weighted by molar-refractivity contribution is 6.38.